The fraction of sp³-hybridized carbons (Fsp3) is 0.0556. The highest BCUT2D eigenvalue weighted by atomic mass is 16.3. The number of aromatic hydroxyl groups is 1. The zero-order valence-corrected chi connectivity index (χ0v) is 11.6. The Morgan fingerprint density at radius 3 is 2.57 bits per heavy atom. The summed E-state index contributed by atoms with van der Waals surface area (Å²) in [4.78, 5) is 12.4. The second kappa shape index (κ2) is 5.29. The average Bonchev–Trinajstić information content (AvgIpc) is 2.47. The SMILES string of the molecule is Cc1cc(O)ccc1C(=O)Nc1cccc2ccccc12. The monoisotopic (exact) mass is 277 g/mol. The number of carbonyl (C=O) groups excluding carboxylic acids is 1. The Morgan fingerprint density at radius 1 is 1.00 bits per heavy atom. The highest BCUT2D eigenvalue weighted by Gasteiger charge is 2.11. The Labute approximate surface area is 122 Å². The van der Waals surface area contributed by atoms with E-state index in [4.69, 9.17) is 0 Å². The third-order valence-electron chi connectivity index (χ3n) is 3.49. The van der Waals surface area contributed by atoms with E-state index in [1.54, 1.807) is 19.1 Å². The minimum atomic E-state index is -0.177. The molecule has 0 aromatic heterocycles. The highest BCUT2D eigenvalue weighted by molar-refractivity contribution is 6.09. The molecule has 0 aliphatic carbocycles. The molecule has 0 bridgehead atoms. The number of anilines is 1. The maximum atomic E-state index is 12.4. The first kappa shape index (κ1) is 13.2. The van der Waals surface area contributed by atoms with E-state index >= 15 is 0 Å². The largest absolute Gasteiger partial charge is 0.508 e. The maximum absolute atomic E-state index is 12.4. The van der Waals surface area contributed by atoms with Crippen LogP contribution in [0, 0.1) is 6.92 Å². The summed E-state index contributed by atoms with van der Waals surface area (Å²) in [7, 11) is 0. The van der Waals surface area contributed by atoms with E-state index < -0.39 is 0 Å². The first-order chi connectivity index (χ1) is 10.1. The van der Waals surface area contributed by atoms with Crippen LogP contribution in [-0.2, 0) is 0 Å². The van der Waals surface area contributed by atoms with Gasteiger partial charge >= 0.3 is 0 Å². The molecule has 0 heterocycles. The molecule has 104 valence electrons. The lowest BCUT2D eigenvalue weighted by Gasteiger charge is -2.10. The van der Waals surface area contributed by atoms with E-state index in [0.717, 1.165) is 22.0 Å². The number of amides is 1. The zero-order chi connectivity index (χ0) is 14.8. The predicted molar refractivity (Wildman–Crippen MR) is 84.7 cm³/mol. The predicted octanol–water partition coefficient (Wildman–Crippen LogP) is 4.11. The van der Waals surface area contributed by atoms with E-state index in [9.17, 15) is 9.90 Å². The fourth-order valence-corrected chi connectivity index (χ4v) is 2.43. The van der Waals surface area contributed by atoms with Crippen LogP contribution in [0.5, 0.6) is 5.75 Å². The smallest absolute Gasteiger partial charge is 0.255 e. The highest BCUT2D eigenvalue weighted by Crippen LogP contribution is 2.24. The number of fused-ring (bicyclic) bond motifs is 1. The maximum Gasteiger partial charge on any atom is 0.255 e. The molecule has 3 heteroatoms. The van der Waals surface area contributed by atoms with Crippen molar-refractivity contribution in [1.29, 1.82) is 0 Å². The summed E-state index contributed by atoms with van der Waals surface area (Å²) in [5.74, 6) is -0.0157. The summed E-state index contributed by atoms with van der Waals surface area (Å²) in [5, 5.41) is 14.4. The molecular formula is C18H15NO2. The van der Waals surface area contributed by atoms with Crippen molar-refractivity contribution in [2.75, 3.05) is 5.32 Å². The second-order valence-corrected chi connectivity index (χ2v) is 4.98. The van der Waals surface area contributed by atoms with Gasteiger partial charge in [-0.25, -0.2) is 0 Å². The normalized spacial score (nSPS) is 10.5. The lowest BCUT2D eigenvalue weighted by Crippen LogP contribution is -2.13. The molecule has 2 N–H and O–H groups in total. The summed E-state index contributed by atoms with van der Waals surface area (Å²) in [6.07, 6.45) is 0. The molecule has 21 heavy (non-hydrogen) atoms. The fourth-order valence-electron chi connectivity index (χ4n) is 2.43. The van der Waals surface area contributed by atoms with Crippen LogP contribution in [0.1, 0.15) is 15.9 Å². The summed E-state index contributed by atoms with van der Waals surface area (Å²) in [5.41, 5.74) is 2.08. The third-order valence-corrected chi connectivity index (χ3v) is 3.49. The molecule has 0 fully saturated rings. The number of aryl methyl sites for hydroxylation is 1. The zero-order valence-electron chi connectivity index (χ0n) is 11.6. The number of carbonyl (C=O) groups is 1. The Hall–Kier alpha value is -2.81. The molecule has 0 saturated carbocycles. The molecule has 0 atom stereocenters. The van der Waals surface area contributed by atoms with E-state index in [0.29, 0.717) is 5.56 Å². The van der Waals surface area contributed by atoms with Crippen LogP contribution in [0.15, 0.2) is 60.7 Å². The van der Waals surface area contributed by atoms with Gasteiger partial charge < -0.3 is 10.4 Å². The van der Waals surface area contributed by atoms with Crippen LogP contribution in [-0.4, -0.2) is 11.0 Å². The first-order valence-electron chi connectivity index (χ1n) is 6.74. The second-order valence-electron chi connectivity index (χ2n) is 4.98. The summed E-state index contributed by atoms with van der Waals surface area (Å²) >= 11 is 0. The molecule has 0 aliphatic heterocycles. The Morgan fingerprint density at radius 2 is 1.76 bits per heavy atom. The summed E-state index contributed by atoms with van der Waals surface area (Å²) in [6, 6.07) is 18.5. The standard InChI is InChI=1S/C18H15NO2/c1-12-11-14(20)9-10-15(12)18(21)19-17-8-4-6-13-5-2-3-7-16(13)17/h2-11,20H,1H3,(H,19,21). The first-order valence-corrected chi connectivity index (χ1v) is 6.74. The van der Waals surface area contributed by atoms with Crippen LogP contribution in [0.4, 0.5) is 5.69 Å². The van der Waals surface area contributed by atoms with Gasteiger partial charge in [-0.2, -0.15) is 0 Å². The Kier molecular flexibility index (Phi) is 3.32. The minimum absolute atomic E-state index is 0.161. The van der Waals surface area contributed by atoms with Gasteiger partial charge in [0.25, 0.3) is 5.91 Å². The van der Waals surface area contributed by atoms with Crippen molar-refractivity contribution in [2.24, 2.45) is 0 Å². The molecule has 1 amide bonds. The summed E-state index contributed by atoms with van der Waals surface area (Å²) in [6.45, 7) is 1.80. The number of hydrogen-bond acceptors (Lipinski definition) is 2. The molecule has 0 spiro atoms. The lowest BCUT2D eigenvalue weighted by molar-refractivity contribution is 0.102. The van der Waals surface area contributed by atoms with Crippen LogP contribution >= 0.6 is 0 Å². The number of nitrogens with one attached hydrogen (secondary N) is 1. The van der Waals surface area contributed by atoms with Crippen molar-refractivity contribution in [3.63, 3.8) is 0 Å². The number of phenolic OH excluding ortho intramolecular Hbond substituents is 1. The van der Waals surface area contributed by atoms with Gasteiger partial charge in [0.2, 0.25) is 0 Å². The van der Waals surface area contributed by atoms with Gasteiger partial charge in [0.05, 0.1) is 0 Å². The van der Waals surface area contributed by atoms with Gasteiger partial charge in [-0.1, -0.05) is 36.4 Å². The van der Waals surface area contributed by atoms with E-state index in [2.05, 4.69) is 5.32 Å². The van der Waals surface area contributed by atoms with Crippen LogP contribution < -0.4 is 5.32 Å². The van der Waals surface area contributed by atoms with Gasteiger partial charge in [-0.3, -0.25) is 4.79 Å². The van der Waals surface area contributed by atoms with Gasteiger partial charge in [0, 0.05) is 16.6 Å². The van der Waals surface area contributed by atoms with Crippen molar-refractivity contribution in [3.05, 3.63) is 71.8 Å². The number of benzene rings is 3. The topological polar surface area (TPSA) is 49.3 Å². The lowest BCUT2D eigenvalue weighted by atomic mass is 10.1. The van der Waals surface area contributed by atoms with Crippen molar-refractivity contribution in [3.8, 4) is 5.75 Å². The van der Waals surface area contributed by atoms with Crippen molar-refractivity contribution in [2.45, 2.75) is 6.92 Å². The molecule has 3 aromatic rings. The van der Waals surface area contributed by atoms with Crippen molar-refractivity contribution >= 4 is 22.4 Å². The van der Waals surface area contributed by atoms with Gasteiger partial charge in [0.15, 0.2) is 0 Å². The summed E-state index contributed by atoms with van der Waals surface area (Å²) < 4.78 is 0. The third kappa shape index (κ3) is 2.58. The molecule has 0 aliphatic rings. The number of rotatable bonds is 2. The molecule has 3 nitrogen and oxygen atoms in total. The molecule has 3 rings (SSSR count). The number of hydrogen-bond donors (Lipinski definition) is 2. The van der Waals surface area contributed by atoms with E-state index in [1.165, 1.54) is 6.07 Å². The van der Waals surface area contributed by atoms with Crippen LogP contribution in [0.3, 0.4) is 0 Å². The van der Waals surface area contributed by atoms with Gasteiger partial charge in [-0.05, 0) is 42.1 Å². The Bertz CT molecular complexity index is 819. The van der Waals surface area contributed by atoms with Gasteiger partial charge in [0.1, 0.15) is 5.75 Å². The Balaban J connectivity index is 1.97. The molecule has 0 radical (unpaired) electrons. The molecule has 0 unspecified atom stereocenters. The molecule has 0 saturated heterocycles. The number of phenols is 1. The van der Waals surface area contributed by atoms with Crippen LogP contribution in [0.25, 0.3) is 10.8 Å². The quantitative estimate of drug-likeness (QED) is 0.740. The average molecular weight is 277 g/mol. The van der Waals surface area contributed by atoms with E-state index in [-0.39, 0.29) is 11.7 Å². The van der Waals surface area contributed by atoms with Crippen molar-refractivity contribution < 1.29 is 9.90 Å². The molecular weight excluding hydrogens is 262 g/mol. The van der Waals surface area contributed by atoms with Crippen molar-refractivity contribution in [1.82, 2.24) is 0 Å². The van der Waals surface area contributed by atoms with Crippen LogP contribution in [0.2, 0.25) is 0 Å². The molecule has 3 aromatic carbocycles. The van der Waals surface area contributed by atoms with E-state index in [1.807, 2.05) is 42.5 Å². The minimum Gasteiger partial charge on any atom is -0.508 e. The van der Waals surface area contributed by atoms with Gasteiger partial charge in [-0.15, -0.1) is 0 Å².